The number of hydrogen-bond acceptors (Lipinski definition) is 5. The number of benzene rings is 3. The van der Waals surface area contributed by atoms with E-state index >= 15 is 0 Å². The normalized spacial score (nSPS) is 19.9. The Morgan fingerprint density at radius 3 is 1.89 bits per heavy atom. The Hall–Kier alpha value is -2.98. The Balaban J connectivity index is 1.46. The van der Waals surface area contributed by atoms with E-state index in [1.807, 2.05) is 59.7 Å². The summed E-state index contributed by atoms with van der Waals surface area (Å²) in [5.74, 6) is 2.76. The predicted molar refractivity (Wildman–Crippen MR) is 145 cm³/mol. The van der Waals surface area contributed by atoms with Crippen molar-refractivity contribution in [1.82, 2.24) is 5.06 Å². The second-order valence-electron chi connectivity index (χ2n) is 9.34. The average molecular weight is 500 g/mol. The number of piperidine rings is 1. The Labute approximate surface area is 221 Å². The highest BCUT2D eigenvalue weighted by molar-refractivity contribution is 5.15. The van der Waals surface area contributed by atoms with Crippen molar-refractivity contribution < 1.29 is 19.0 Å². The van der Waals surface area contributed by atoms with E-state index in [0.29, 0.717) is 52.5 Å². The number of hydroxylamine groups is 2. The van der Waals surface area contributed by atoms with Gasteiger partial charge in [-0.1, -0.05) is 91.0 Å². The first kappa shape index (κ1) is 27.1. The molecule has 3 aromatic rings. The van der Waals surface area contributed by atoms with Gasteiger partial charge in [0.25, 0.3) is 0 Å². The number of terminal acetylenes is 1. The quantitative estimate of drug-likeness (QED) is 0.212. The molecule has 3 atom stereocenters. The van der Waals surface area contributed by atoms with E-state index in [9.17, 15) is 0 Å². The monoisotopic (exact) mass is 499 g/mol. The molecule has 0 aliphatic carbocycles. The van der Waals surface area contributed by atoms with Gasteiger partial charge in [0.15, 0.2) is 0 Å². The largest absolute Gasteiger partial charge is 0.376 e. The van der Waals surface area contributed by atoms with Gasteiger partial charge in [-0.05, 0) is 23.1 Å². The molecule has 194 valence electrons. The van der Waals surface area contributed by atoms with Crippen LogP contribution in [0.2, 0.25) is 0 Å². The van der Waals surface area contributed by atoms with Crippen LogP contribution in [0, 0.1) is 18.3 Å². The van der Waals surface area contributed by atoms with Crippen LogP contribution in [0.1, 0.15) is 29.5 Å². The Bertz CT molecular complexity index is 1050. The van der Waals surface area contributed by atoms with Crippen LogP contribution in [0.15, 0.2) is 91.0 Å². The van der Waals surface area contributed by atoms with Gasteiger partial charge in [-0.25, -0.2) is 0 Å². The molecule has 1 fully saturated rings. The number of hydrogen-bond donors (Lipinski definition) is 0. The molecule has 1 heterocycles. The summed E-state index contributed by atoms with van der Waals surface area (Å²) in [5, 5.41) is 2.01. The maximum absolute atomic E-state index is 6.56. The molecule has 0 N–H and O–H groups in total. The summed E-state index contributed by atoms with van der Waals surface area (Å²) in [6.45, 7) is 4.05. The Morgan fingerprint density at radius 1 is 0.730 bits per heavy atom. The van der Waals surface area contributed by atoms with Gasteiger partial charge in [0.05, 0.1) is 51.8 Å². The minimum atomic E-state index is -0.171. The minimum absolute atomic E-state index is 0.0783. The third-order valence-corrected chi connectivity index (χ3v) is 6.43. The van der Waals surface area contributed by atoms with E-state index in [1.165, 1.54) is 0 Å². The van der Waals surface area contributed by atoms with Gasteiger partial charge in [0.1, 0.15) is 0 Å². The van der Waals surface area contributed by atoms with Crippen LogP contribution in [0.5, 0.6) is 0 Å². The van der Waals surface area contributed by atoms with E-state index in [1.54, 1.807) is 0 Å². The van der Waals surface area contributed by atoms with Gasteiger partial charge >= 0.3 is 0 Å². The van der Waals surface area contributed by atoms with Crippen LogP contribution in [0.4, 0.5) is 0 Å². The molecule has 0 amide bonds. The van der Waals surface area contributed by atoms with Crippen molar-refractivity contribution in [3.05, 3.63) is 108 Å². The maximum Gasteiger partial charge on any atom is 0.0995 e. The second kappa shape index (κ2) is 15.3. The highest BCUT2D eigenvalue weighted by atomic mass is 16.7. The number of unbranched alkanes of at least 4 members (excludes halogenated alkanes) is 1. The lowest BCUT2D eigenvalue weighted by Crippen LogP contribution is -2.55. The van der Waals surface area contributed by atoms with E-state index in [0.717, 1.165) is 23.1 Å². The fourth-order valence-corrected chi connectivity index (χ4v) is 4.51. The van der Waals surface area contributed by atoms with E-state index < -0.39 is 0 Å². The molecule has 0 unspecified atom stereocenters. The van der Waals surface area contributed by atoms with Gasteiger partial charge in [0, 0.05) is 18.9 Å². The smallest absolute Gasteiger partial charge is 0.0995 e. The molecule has 1 aliphatic rings. The first-order valence-electron chi connectivity index (χ1n) is 13.1. The van der Waals surface area contributed by atoms with Crippen molar-refractivity contribution in [2.24, 2.45) is 5.92 Å². The molecule has 1 saturated heterocycles. The molecule has 5 nitrogen and oxygen atoms in total. The SMILES string of the molecule is C#CCCCON1C[C@H](COCc2ccccc2)[C@@H](OCc2ccccc2)[C@H](OCc2ccccc2)C1. The zero-order valence-electron chi connectivity index (χ0n) is 21.4. The molecule has 0 spiro atoms. The third-order valence-electron chi connectivity index (χ3n) is 6.43. The lowest BCUT2D eigenvalue weighted by atomic mass is 9.93. The summed E-state index contributed by atoms with van der Waals surface area (Å²) < 4.78 is 19.3. The molecule has 4 rings (SSSR count). The topological polar surface area (TPSA) is 40.2 Å². The van der Waals surface area contributed by atoms with Crippen molar-refractivity contribution in [1.29, 1.82) is 0 Å². The fourth-order valence-electron chi connectivity index (χ4n) is 4.51. The molecular formula is C32H37NO4. The zero-order chi connectivity index (χ0) is 25.5. The zero-order valence-corrected chi connectivity index (χ0v) is 21.4. The molecular weight excluding hydrogens is 462 g/mol. The highest BCUT2D eigenvalue weighted by Crippen LogP contribution is 2.26. The lowest BCUT2D eigenvalue weighted by Gasteiger charge is -2.42. The van der Waals surface area contributed by atoms with Crippen LogP contribution >= 0.6 is 0 Å². The van der Waals surface area contributed by atoms with Crippen molar-refractivity contribution in [2.75, 3.05) is 26.3 Å². The van der Waals surface area contributed by atoms with Crippen molar-refractivity contribution >= 4 is 0 Å². The molecule has 37 heavy (non-hydrogen) atoms. The van der Waals surface area contributed by atoms with Gasteiger partial charge < -0.3 is 14.2 Å². The molecule has 0 saturated carbocycles. The van der Waals surface area contributed by atoms with Crippen molar-refractivity contribution in [2.45, 2.75) is 44.9 Å². The Kier molecular flexibility index (Phi) is 11.2. The van der Waals surface area contributed by atoms with Gasteiger partial charge in [-0.15, -0.1) is 12.3 Å². The van der Waals surface area contributed by atoms with Crippen LogP contribution in [0.25, 0.3) is 0 Å². The third kappa shape index (κ3) is 9.12. The number of rotatable bonds is 14. The molecule has 3 aromatic carbocycles. The standard InChI is InChI=1S/C32H37NO4/c1-2-3-13-20-37-33-21-30(26-34-23-27-14-7-4-8-15-27)32(36-25-29-18-11-6-12-19-29)31(22-33)35-24-28-16-9-5-10-17-28/h1,4-12,14-19,30-32H,3,13,20-26H2/t30-,31-,32-/m1/s1. The van der Waals surface area contributed by atoms with E-state index in [4.69, 9.17) is 25.5 Å². The van der Waals surface area contributed by atoms with Crippen molar-refractivity contribution in [3.8, 4) is 12.3 Å². The van der Waals surface area contributed by atoms with Crippen LogP contribution in [0.3, 0.4) is 0 Å². The first-order chi connectivity index (χ1) is 18.3. The molecule has 1 aliphatic heterocycles. The summed E-state index contributed by atoms with van der Waals surface area (Å²) in [7, 11) is 0. The lowest BCUT2D eigenvalue weighted by molar-refractivity contribution is -0.245. The summed E-state index contributed by atoms with van der Waals surface area (Å²) in [5.41, 5.74) is 3.42. The van der Waals surface area contributed by atoms with Crippen LogP contribution in [-0.2, 0) is 38.9 Å². The summed E-state index contributed by atoms with van der Waals surface area (Å²) in [6, 6.07) is 30.7. The molecule has 0 aromatic heterocycles. The first-order valence-corrected chi connectivity index (χ1v) is 13.1. The minimum Gasteiger partial charge on any atom is -0.376 e. The van der Waals surface area contributed by atoms with Crippen LogP contribution < -0.4 is 0 Å². The average Bonchev–Trinajstić information content (AvgIpc) is 2.95. The van der Waals surface area contributed by atoms with Crippen molar-refractivity contribution in [3.63, 3.8) is 0 Å². The van der Waals surface area contributed by atoms with E-state index in [-0.39, 0.29) is 18.1 Å². The number of ether oxygens (including phenoxy) is 3. The summed E-state index contributed by atoms with van der Waals surface area (Å²) in [6.07, 6.45) is 6.64. The van der Waals surface area contributed by atoms with Gasteiger partial charge in [0.2, 0.25) is 0 Å². The summed E-state index contributed by atoms with van der Waals surface area (Å²) >= 11 is 0. The van der Waals surface area contributed by atoms with Gasteiger partial charge in [-0.3, -0.25) is 4.84 Å². The fraction of sp³-hybridized carbons (Fsp3) is 0.375. The molecule has 5 heteroatoms. The Morgan fingerprint density at radius 2 is 1.30 bits per heavy atom. The number of nitrogens with zero attached hydrogens (tertiary/aromatic N) is 1. The van der Waals surface area contributed by atoms with Gasteiger partial charge in [-0.2, -0.15) is 5.06 Å². The highest BCUT2D eigenvalue weighted by Gasteiger charge is 2.39. The van der Waals surface area contributed by atoms with E-state index in [2.05, 4.69) is 42.3 Å². The van der Waals surface area contributed by atoms with Crippen LogP contribution in [-0.4, -0.2) is 43.6 Å². The summed E-state index contributed by atoms with van der Waals surface area (Å²) in [4.78, 5) is 6.12. The molecule has 0 bridgehead atoms. The molecule has 0 radical (unpaired) electrons. The predicted octanol–water partition coefficient (Wildman–Crippen LogP) is 5.65. The maximum atomic E-state index is 6.56. The second-order valence-corrected chi connectivity index (χ2v) is 9.34.